The minimum absolute atomic E-state index is 0.0860. The average Bonchev–Trinajstić information content (AvgIpc) is 2.86. The number of nitrogens with zero attached hydrogens (tertiary/aromatic N) is 2. The van der Waals surface area contributed by atoms with E-state index in [4.69, 9.17) is 4.74 Å². The number of halogens is 1. The number of carbonyl (C=O) groups excluding carboxylic acids is 2. The van der Waals surface area contributed by atoms with E-state index >= 15 is 0 Å². The molecule has 7 nitrogen and oxygen atoms in total. The van der Waals surface area contributed by atoms with Crippen LogP contribution in [0, 0.1) is 11.7 Å². The van der Waals surface area contributed by atoms with Crippen LogP contribution in [0.5, 0.6) is 5.75 Å². The van der Waals surface area contributed by atoms with Crippen LogP contribution in [0.3, 0.4) is 0 Å². The molecule has 1 N–H and O–H groups in total. The summed E-state index contributed by atoms with van der Waals surface area (Å²) in [6.07, 6.45) is 1.02. The molecule has 8 heteroatoms. The van der Waals surface area contributed by atoms with Gasteiger partial charge < -0.3 is 19.5 Å². The van der Waals surface area contributed by atoms with Gasteiger partial charge in [-0.3, -0.25) is 14.4 Å². The van der Waals surface area contributed by atoms with Crippen LogP contribution in [0.1, 0.15) is 34.0 Å². The zero-order chi connectivity index (χ0) is 24.5. The number of ether oxygens (including phenoxy) is 1. The SMILES string of the molecule is COc1ccc(CC(=O)Nc2ccc(=O)n3c2[C@H]2C[C@@H](CN(C(=O)c4ccc(F)cc4)C2)C3)cc1. The zero-order valence-corrected chi connectivity index (χ0v) is 19.4. The normalized spacial score (nSPS) is 18.5. The first-order chi connectivity index (χ1) is 16.9. The lowest BCUT2D eigenvalue weighted by Gasteiger charge is -2.43. The van der Waals surface area contributed by atoms with Gasteiger partial charge in [0.15, 0.2) is 0 Å². The van der Waals surface area contributed by atoms with Crippen molar-refractivity contribution in [2.75, 3.05) is 25.5 Å². The highest BCUT2D eigenvalue weighted by atomic mass is 19.1. The number of rotatable bonds is 5. The van der Waals surface area contributed by atoms with E-state index in [2.05, 4.69) is 5.32 Å². The van der Waals surface area contributed by atoms with E-state index in [9.17, 15) is 18.8 Å². The van der Waals surface area contributed by atoms with E-state index in [0.717, 1.165) is 23.4 Å². The maximum absolute atomic E-state index is 13.3. The first-order valence-electron chi connectivity index (χ1n) is 11.6. The molecule has 0 spiro atoms. The van der Waals surface area contributed by atoms with Crippen molar-refractivity contribution in [1.29, 1.82) is 0 Å². The molecule has 2 aromatic carbocycles. The number of anilines is 1. The molecule has 180 valence electrons. The molecule has 5 rings (SSSR count). The highest BCUT2D eigenvalue weighted by molar-refractivity contribution is 5.95. The van der Waals surface area contributed by atoms with Gasteiger partial charge >= 0.3 is 0 Å². The van der Waals surface area contributed by atoms with E-state index in [1.54, 1.807) is 34.8 Å². The molecule has 1 saturated heterocycles. The number of piperidine rings is 1. The van der Waals surface area contributed by atoms with Crippen molar-refractivity contribution in [3.8, 4) is 5.75 Å². The van der Waals surface area contributed by atoms with Crippen molar-refractivity contribution < 1.29 is 18.7 Å². The number of nitrogens with one attached hydrogen (secondary N) is 1. The summed E-state index contributed by atoms with van der Waals surface area (Å²) >= 11 is 0. The molecule has 0 radical (unpaired) electrons. The Labute approximate surface area is 202 Å². The van der Waals surface area contributed by atoms with Crippen LogP contribution >= 0.6 is 0 Å². The summed E-state index contributed by atoms with van der Waals surface area (Å²) < 4.78 is 20.2. The van der Waals surface area contributed by atoms with Gasteiger partial charge in [0.1, 0.15) is 11.6 Å². The molecule has 0 aliphatic carbocycles. The molecule has 1 aromatic heterocycles. The summed E-state index contributed by atoms with van der Waals surface area (Å²) in [6.45, 7) is 1.45. The van der Waals surface area contributed by atoms with E-state index in [1.165, 1.54) is 30.3 Å². The Morgan fingerprint density at radius 1 is 1.00 bits per heavy atom. The minimum atomic E-state index is -0.389. The summed E-state index contributed by atoms with van der Waals surface area (Å²) in [7, 11) is 1.59. The topological polar surface area (TPSA) is 80.6 Å². The molecular weight excluding hydrogens is 449 g/mol. The monoisotopic (exact) mass is 475 g/mol. The van der Waals surface area contributed by atoms with Crippen LogP contribution in [-0.4, -0.2) is 41.5 Å². The first kappa shape index (κ1) is 22.8. The second-order valence-electron chi connectivity index (χ2n) is 9.17. The van der Waals surface area contributed by atoms with E-state index in [1.807, 2.05) is 12.1 Å². The number of hydrogen-bond donors (Lipinski definition) is 1. The van der Waals surface area contributed by atoms with Crippen molar-refractivity contribution in [2.45, 2.75) is 25.3 Å². The molecule has 3 heterocycles. The number of aromatic nitrogens is 1. The van der Waals surface area contributed by atoms with Gasteiger partial charge in [-0.25, -0.2) is 4.39 Å². The molecule has 1 fully saturated rings. The van der Waals surface area contributed by atoms with Gasteiger partial charge in [-0.2, -0.15) is 0 Å². The maximum Gasteiger partial charge on any atom is 0.253 e. The Balaban J connectivity index is 1.37. The summed E-state index contributed by atoms with van der Waals surface area (Å²) in [5.74, 6) is 0.0358. The van der Waals surface area contributed by atoms with E-state index in [0.29, 0.717) is 30.9 Å². The molecule has 0 unspecified atom stereocenters. The lowest BCUT2D eigenvalue weighted by Crippen LogP contribution is -2.49. The van der Waals surface area contributed by atoms with E-state index in [-0.39, 0.29) is 41.4 Å². The van der Waals surface area contributed by atoms with Gasteiger partial charge in [0, 0.05) is 42.9 Å². The number of carbonyl (C=O) groups is 2. The Morgan fingerprint density at radius 3 is 2.46 bits per heavy atom. The Kier molecular flexibility index (Phi) is 6.11. The third-order valence-electron chi connectivity index (χ3n) is 6.77. The Hall–Kier alpha value is -3.94. The second kappa shape index (κ2) is 9.37. The maximum atomic E-state index is 13.3. The number of methoxy groups -OCH3 is 1. The summed E-state index contributed by atoms with van der Waals surface area (Å²) in [5, 5.41) is 2.98. The average molecular weight is 476 g/mol. The third-order valence-corrected chi connectivity index (χ3v) is 6.77. The lowest BCUT2D eigenvalue weighted by atomic mass is 9.82. The Bertz CT molecular complexity index is 1320. The number of benzene rings is 2. The molecule has 2 aliphatic rings. The lowest BCUT2D eigenvalue weighted by molar-refractivity contribution is -0.115. The molecule has 2 atom stereocenters. The number of likely N-dealkylation sites (tertiary alicyclic amines) is 1. The molecule has 35 heavy (non-hydrogen) atoms. The van der Waals surface area contributed by atoms with Gasteiger partial charge in [0.25, 0.3) is 11.5 Å². The van der Waals surface area contributed by atoms with Crippen LogP contribution in [0.2, 0.25) is 0 Å². The number of hydrogen-bond acceptors (Lipinski definition) is 4. The summed E-state index contributed by atoms with van der Waals surface area (Å²) in [5.41, 5.74) is 2.53. The molecular formula is C27H26FN3O4. The molecule has 2 bridgehead atoms. The smallest absolute Gasteiger partial charge is 0.253 e. The standard InChI is InChI=1S/C27H26FN3O4/c1-35-22-8-2-17(3-9-22)13-24(32)29-23-10-11-25(33)31-15-18-12-20(26(23)31)16-30(14-18)27(34)19-4-6-21(28)7-5-19/h2-11,18,20H,12-16H2,1H3,(H,29,32)/t18-,20-/m0/s1. The third kappa shape index (κ3) is 4.69. The predicted octanol–water partition coefficient (Wildman–Crippen LogP) is 3.44. The van der Waals surface area contributed by atoms with Crippen molar-refractivity contribution in [3.63, 3.8) is 0 Å². The van der Waals surface area contributed by atoms with Crippen molar-refractivity contribution in [1.82, 2.24) is 9.47 Å². The highest BCUT2D eigenvalue weighted by Gasteiger charge is 2.38. The Morgan fingerprint density at radius 2 is 1.74 bits per heavy atom. The van der Waals surface area contributed by atoms with Crippen molar-refractivity contribution in [3.05, 3.63) is 93.7 Å². The van der Waals surface area contributed by atoms with Crippen LogP contribution in [0.4, 0.5) is 10.1 Å². The quantitative estimate of drug-likeness (QED) is 0.613. The van der Waals surface area contributed by atoms with Crippen molar-refractivity contribution in [2.24, 2.45) is 5.92 Å². The van der Waals surface area contributed by atoms with Crippen LogP contribution in [0.25, 0.3) is 0 Å². The molecule has 0 saturated carbocycles. The number of pyridine rings is 1. The fourth-order valence-corrected chi connectivity index (χ4v) is 5.18. The number of fused-ring (bicyclic) bond motifs is 4. The van der Waals surface area contributed by atoms with Gasteiger partial charge in [0.2, 0.25) is 5.91 Å². The molecule has 2 aliphatic heterocycles. The fraction of sp³-hybridized carbons (Fsp3) is 0.296. The predicted molar refractivity (Wildman–Crippen MR) is 129 cm³/mol. The van der Waals surface area contributed by atoms with Gasteiger partial charge in [-0.15, -0.1) is 0 Å². The number of amides is 2. The van der Waals surface area contributed by atoms with Gasteiger partial charge in [-0.1, -0.05) is 12.1 Å². The fourth-order valence-electron chi connectivity index (χ4n) is 5.18. The second-order valence-corrected chi connectivity index (χ2v) is 9.17. The van der Waals surface area contributed by atoms with Crippen LogP contribution < -0.4 is 15.6 Å². The molecule has 2 amide bonds. The first-order valence-corrected chi connectivity index (χ1v) is 11.6. The summed E-state index contributed by atoms with van der Waals surface area (Å²) in [6, 6.07) is 16.0. The molecule has 3 aromatic rings. The zero-order valence-electron chi connectivity index (χ0n) is 19.4. The van der Waals surface area contributed by atoms with Crippen LogP contribution in [0.15, 0.2) is 65.5 Å². The summed E-state index contributed by atoms with van der Waals surface area (Å²) in [4.78, 5) is 40.4. The van der Waals surface area contributed by atoms with Crippen LogP contribution in [-0.2, 0) is 17.8 Å². The van der Waals surface area contributed by atoms with Gasteiger partial charge in [0.05, 0.1) is 19.2 Å². The highest BCUT2D eigenvalue weighted by Crippen LogP contribution is 2.39. The van der Waals surface area contributed by atoms with Gasteiger partial charge in [-0.05, 0) is 60.4 Å². The minimum Gasteiger partial charge on any atom is -0.497 e. The largest absolute Gasteiger partial charge is 0.497 e. The van der Waals surface area contributed by atoms with Crippen molar-refractivity contribution >= 4 is 17.5 Å². The van der Waals surface area contributed by atoms with E-state index < -0.39 is 0 Å².